The normalized spacial score (nSPS) is 12.2. The predicted molar refractivity (Wildman–Crippen MR) is 100 cm³/mol. The molecule has 0 aliphatic carbocycles. The van der Waals surface area contributed by atoms with Gasteiger partial charge in [0.2, 0.25) is 0 Å². The molecule has 0 aliphatic heterocycles. The van der Waals surface area contributed by atoms with Crippen molar-refractivity contribution < 1.29 is 32.0 Å². The van der Waals surface area contributed by atoms with Gasteiger partial charge >= 0.3 is 5.63 Å². The second-order valence-electron chi connectivity index (χ2n) is 5.59. The molecule has 0 atom stereocenters. The minimum absolute atomic E-state index is 0.0149. The van der Waals surface area contributed by atoms with Crippen LogP contribution >= 0.6 is 0 Å². The maximum atomic E-state index is 12.1. The van der Waals surface area contributed by atoms with Gasteiger partial charge in [-0.15, -0.1) is 0 Å². The number of ether oxygens (including phenoxy) is 2. The predicted octanol–water partition coefficient (Wildman–Crippen LogP) is 2.51. The molecule has 0 saturated heterocycles. The molecule has 0 radical (unpaired) electrons. The molecule has 0 spiro atoms. The molecule has 0 saturated carbocycles. The highest BCUT2D eigenvalue weighted by molar-refractivity contribution is 7.85. The second kappa shape index (κ2) is 7.33. The second-order valence-corrected chi connectivity index (χ2v) is 7.01. The minimum atomic E-state index is -4.45. The molecule has 3 rings (SSSR count). The Kier molecular flexibility index (Phi) is 5.08. The van der Waals surface area contributed by atoms with Crippen molar-refractivity contribution in [2.75, 3.05) is 14.2 Å². The first-order valence-corrected chi connectivity index (χ1v) is 9.22. The van der Waals surface area contributed by atoms with Gasteiger partial charge < -0.3 is 19.0 Å². The number of nitrogens with zero attached hydrogens (tertiary/aromatic N) is 1. The van der Waals surface area contributed by atoms with Crippen LogP contribution in [0.25, 0.3) is 22.9 Å². The molecule has 28 heavy (non-hydrogen) atoms. The molecule has 2 aromatic carbocycles. The van der Waals surface area contributed by atoms with Gasteiger partial charge in [0.1, 0.15) is 11.3 Å². The third kappa shape index (κ3) is 3.82. The van der Waals surface area contributed by atoms with Gasteiger partial charge in [0, 0.05) is 11.6 Å². The largest absolute Gasteiger partial charge is 0.507 e. The Bertz CT molecular complexity index is 1240. The molecule has 9 nitrogen and oxygen atoms in total. The summed E-state index contributed by atoms with van der Waals surface area (Å²) in [4.78, 5) is 15.7. The summed E-state index contributed by atoms with van der Waals surface area (Å²) < 4.78 is 47.0. The summed E-state index contributed by atoms with van der Waals surface area (Å²) in [5, 5.41) is 10.3. The third-order valence-electron chi connectivity index (χ3n) is 3.83. The smallest absolute Gasteiger partial charge is 0.362 e. The molecule has 3 aromatic rings. The van der Waals surface area contributed by atoms with Gasteiger partial charge in [-0.05, 0) is 36.4 Å². The van der Waals surface area contributed by atoms with Crippen LogP contribution in [-0.2, 0) is 10.1 Å². The average Bonchev–Trinajstić information content (AvgIpc) is 2.66. The molecule has 0 amide bonds. The first-order valence-electron chi connectivity index (χ1n) is 7.78. The molecule has 0 bridgehead atoms. The fourth-order valence-electron chi connectivity index (χ4n) is 2.46. The fraction of sp³-hybridized carbons (Fsp3) is 0.111. The Hall–Kier alpha value is -3.37. The van der Waals surface area contributed by atoms with Gasteiger partial charge in [-0.3, -0.25) is 4.55 Å². The molecule has 0 fully saturated rings. The molecule has 146 valence electrons. The lowest BCUT2D eigenvalue weighted by Crippen LogP contribution is -2.07. The van der Waals surface area contributed by atoms with E-state index in [4.69, 9.17) is 18.4 Å². The summed E-state index contributed by atoms with van der Waals surface area (Å²) in [5.41, 5.74) is -0.724. The summed E-state index contributed by atoms with van der Waals surface area (Å²) in [7, 11) is -1.54. The zero-order valence-corrected chi connectivity index (χ0v) is 15.6. The minimum Gasteiger partial charge on any atom is -0.507 e. The van der Waals surface area contributed by atoms with Crippen LogP contribution in [0.4, 0.5) is 0 Å². The fourth-order valence-corrected chi connectivity index (χ4v) is 2.96. The topological polar surface area (TPSA) is 136 Å². The van der Waals surface area contributed by atoms with E-state index in [1.807, 2.05) is 0 Å². The summed E-state index contributed by atoms with van der Waals surface area (Å²) in [5.74, 6) is 0.530. The summed E-state index contributed by atoms with van der Waals surface area (Å²) in [6, 6.07) is 7.97. The lowest BCUT2D eigenvalue weighted by Gasteiger charge is -2.09. The zero-order valence-electron chi connectivity index (χ0n) is 14.7. The molecule has 0 aliphatic rings. The Morgan fingerprint density at radius 3 is 2.46 bits per heavy atom. The highest BCUT2D eigenvalue weighted by Gasteiger charge is 2.14. The number of methoxy groups -OCH3 is 2. The Labute approximate surface area is 159 Å². The van der Waals surface area contributed by atoms with Gasteiger partial charge in [0.15, 0.2) is 22.8 Å². The van der Waals surface area contributed by atoms with Crippen LogP contribution in [0.2, 0.25) is 0 Å². The molecular formula is C18H15NO8S. The Morgan fingerprint density at radius 1 is 1.11 bits per heavy atom. The maximum Gasteiger partial charge on any atom is 0.362 e. The highest BCUT2D eigenvalue weighted by atomic mass is 32.2. The first-order chi connectivity index (χ1) is 13.2. The van der Waals surface area contributed by atoms with Gasteiger partial charge in [0.05, 0.1) is 19.1 Å². The molecule has 0 unspecified atom stereocenters. The van der Waals surface area contributed by atoms with Crippen molar-refractivity contribution in [1.29, 1.82) is 0 Å². The number of aromatic nitrogens is 1. The van der Waals surface area contributed by atoms with Crippen LogP contribution in [0.3, 0.4) is 0 Å². The van der Waals surface area contributed by atoms with Crippen molar-refractivity contribution in [3.63, 3.8) is 0 Å². The maximum absolute atomic E-state index is 12.1. The Balaban J connectivity index is 2.09. The number of aliphatic hydroxyl groups is 1. The number of fused-ring (bicyclic) bond motifs is 1. The first kappa shape index (κ1) is 19.4. The van der Waals surface area contributed by atoms with Gasteiger partial charge in [-0.25, -0.2) is 9.78 Å². The number of hydrogen-bond acceptors (Lipinski definition) is 8. The van der Waals surface area contributed by atoms with Crippen LogP contribution in [0.15, 0.2) is 50.5 Å². The standard InChI is InChI=1S/C18H15NO8S/c1-25-16-5-3-10(7-17(16)26-2)14(20)9-13-18(21)27-15-6-4-11(28(22,23)24)8-12(15)19-13/h3-9,20H,1-2H3,(H,22,23,24). The van der Waals surface area contributed by atoms with Crippen molar-refractivity contribution >= 4 is 33.1 Å². The van der Waals surface area contributed by atoms with Gasteiger partial charge in [-0.2, -0.15) is 8.42 Å². The Morgan fingerprint density at radius 2 is 1.82 bits per heavy atom. The molecule has 2 N–H and O–H groups in total. The van der Waals surface area contributed by atoms with Crippen LogP contribution in [0.1, 0.15) is 11.3 Å². The van der Waals surface area contributed by atoms with E-state index in [9.17, 15) is 18.3 Å². The third-order valence-corrected chi connectivity index (χ3v) is 4.68. The van der Waals surface area contributed by atoms with Crippen molar-refractivity contribution in [2.45, 2.75) is 4.90 Å². The number of rotatable bonds is 5. The number of hydrogen-bond donors (Lipinski definition) is 2. The summed E-state index contributed by atoms with van der Waals surface area (Å²) in [6.45, 7) is 0. The van der Waals surface area contributed by atoms with Crippen molar-refractivity contribution in [1.82, 2.24) is 4.98 Å². The van der Waals surface area contributed by atoms with E-state index >= 15 is 0 Å². The SMILES string of the molecule is COc1ccc(C(O)=Cc2nc3cc(S(=O)(=O)O)ccc3oc2=O)cc1OC. The zero-order chi connectivity index (χ0) is 20.5. The van der Waals surface area contributed by atoms with E-state index in [1.54, 1.807) is 12.1 Å². The van der Waals surface area contributed by atoms with Gasteiger partial charge in [0.25, 0.3) is 10.1 Å². The van der Waals surface area contributed by atoms with Crippen LogP contribution in [0.5, 0.6) is 11.5 Å². The lowest BCUT2D eigenvalue weighted by molar-refractivity contribution is 0.354. The van der Waals surface area contributed by atoms with Crippen molar-refractivity contribution in [3.8, 4) is 11.5 Å². The summed E-state index contributed by atoms with van der Waals surface area (Å²) in [6.07, 6.45) is 1.08. The van der Waals surface area contributed by atoms with Gasteiger partial charge in [-0.1, -0.05) is 0 Å². The van der Waals surface area contributed by atoms with Crippen LogP contribution < -0.4 is 15.1 Å². The van der Waals surface area contributed by atoms with E-state index in [1.165, 1.54) is 26.4 Å². The van der Waals surface area contributed by atoms with Crippen molar-refractivity contribution in [2.24, 2.45) is 0 Å². The molecule has 10 heteroatoms. The quantitative estimate of drug-likeness (QED) is 0.484. The number of aliphatic hydroxyl groups excluding tert-OH is 1. The molecular weight excluding hydrogens is 390 g/mol. The lowest BCUT2D eigenvalue weighted by atomic mass is 10.1. The van der Waals surface area contributed by atoms with E-state index in [0.29, 0.717) is 17.1 Å². The summed E-state index contributed by atoms with van der Waals surface area (Å²) >= 11 is 0. The van der Waals surface area contributed by atoms with E-state index in [0.717, 1.165) is 18.2 Å². The van der Waals surface area contributed by atoms with Crippen LogP contribution in [-0.4, -0.2) is 37.3 Å². The molecule has 1 aromatic heterocycles. The highest BCUT2D eigenvalue weighted by Crippen LogP contribution is 2.30. The van der Waals surface area contributed by atoms with E-state index in [-0.39, 0.29) is 22.6 Å². The van der Waals surface area contributed by atoms with Crippen molar-refractivity contribution in [3.05, 3.63) is 58.1 Å². The van der Waals surface area contributed by atoms with Crippen LogP contribution in [0, 0.1) is 0 Å². The molecule has 1 heterocycles. The van der Waals surface area contributed by atoms with E-state index in [2.05, 4.69) is 4.98 Å². The monoisotopic (exact) mass is 405 g/mol. The van der Waals surface area contributed by atoms with E-state index < -0.39 is 20.6 Å². The number of benzene rings is 2. The average molecular weight is 405 g/mol.